The summed E-state index contributed by atoms with van der Waals surface area (Å²) in [5.74, 6) is 1.12. The van der Waals surface area contributed by atoms with Crippen molar-refractivity contribution in [1.29, 1.82) is 0 Å². The molecule has 0 atom stereocenters. The van der Waals surface area contributed by atoms with Crippen LogP contribution in [-0.4, -0.2) is 24.8 Å². The lowest BCUT2D eigenvalue weighted by Gasteiger charge is -2.29. The van der Waals surface area contributed by atoms with Gasteiger partial charge in [0.15, 0.2) is 5.78 Å². The molecule has 0 aliphatic heterocycles. The maximum atomic E-state index is 12.5. The highest BCUT2D eigenvalue weighted by molar-refractivity contribution is 5.98. The largest absolute Gasteiger partial charge is 0.497 e. The Balaban J connectivity index is 1.50. The Labute approximate surface area is 148 Å². The van der Waals surface area contributed by atoms with Gasteiger partial charge in [-0.05, 0) is 51.2 Å². The highest BCUT2D eigenvalue weighted by Gasteiger charge is 2.28. The monoisotopic (exact) mass is 342 g/mol. The van der Waals surface area contributed by atoms with Gasteiger partial charge >= 0.3 is 0 Å². The molecule has 0 aromatic heterocycles. The van der Waals surface area contributed by atoms with Crippen molar-refractivity contribution >= 4 is 17.4 Å². The first-order valence-electron chi connectivity index (χ1n) is 9.01. The number of ketones is 1. The number of hydrogen-bond donors (Lipinski definition) is 2. The van der Waals surface area contributed by atoms with Gasteiger partial charge in [-0.25, -0.2) is 0 Å². The zero-order valence-electron chi connectivity index (χ0n) is 14.9. The number of ether oxygens (including phenoxy) is 1. The Morgan fingerprint density at radius 2 is 1.92 bits per heavy atom. The molecule has 0 saturated heterocycles. The van der Waals surface area contributed by atoms with Crippen LogP contribution in [-0.2, 0) is 9.59 Å². The summed E-state index contributed by atoms with van der Waals surface area (Å²) >= 11 is 0. The Kier molecular flexibility index (Phi) is 5.41. The van der Waals surface area contributed by atoms with Crippen LogP contribution in [0, 0.1) is 5.92 Å². The summed E-state index contributed by atoms with van der Waals surface area (Å²) in [4.78, 5) is 24.1. The Morgan fingerprint density at radius 1 is 1.16 bits per heavy atom. The van der Waals surface area contributed by atoms with Crippen LogP contribution in [0.1, 0.15) is 45.4 Å². The molecule has 0 spiro atoms. The zero-order chi connectivity index (χ0) is 17.8. The van der Waals surface area contributed by atoms with Crippen molar-refractivity contribution in [2.24, 2.45) is 5.92 Å². The number of hydrogen-bond acceptors (Lipinski definition) is 4. The van der Waals surface area contributed by atoms with Crippen LogP contribution in [0.15, 0.2) is 35.5 Å². The molecule has 0 heterocycles. The van der Waals surface area contributed by atoms with Crippen molar-refractivity contribution in [1.82, 2.24) is 5.32 Å². The second-order valence-corrected chi connectivity index (χ2v) is 6.94. The summed E-state index contributed by atoms with van der Waals surface area (Å²) in [5.41, 5.74) is 2.77. The molecule has 0 unspecified atom stereocenters. The molecule has 0 radical (unpaired) electrons. The van der Waals surface area contributed by atoms with Gasteiger partial charge in [0.1, 0.15) is 5.75 Å². The van der Waals surface area contributed by atoms with Gasteiger partial charge in [0.05, 0.1) is 7.11 Å². The highest BCUT2D eigenvalue weighted by Crippen LogP contribution is 2.29. The van der Waals surface area contributed by atoms with Gasteiger partial charge in [-0.2, -0.15) is 0 Å². The predicted molar refractivity (Wildman–Crippen MR) is 97.4 cm³/mol. The smallest absolute Gasteiger partial charge is 0.227 e. The molecule has 1 amide bonds. The van der Waals surface area contributed by atoms with Crippen LogP contribution in [0.4, 0.5) is 5.69 Å². The van der Waals surface area contributed by atoms with E-state index in [0.717, 1.165) is 54.8 Å². The molecular weight excluding hydrogens is 316 g/mol. The molecule has 0 bridgehead atoms. The minimum Gasteiger partial charge on any atom is -0.497 e. The number of anilines is 1. The number of methoxy groups -OCH3 is 1. The number of carbonyl (C=O) groups is 2. The Morgan fingerprint density at radius 3 is 2.56 bits per heavy atom. The summed E-state index contributed by atoms with van der Waals surface area (Å²) in [6.07, 6.45) is 5.12. The number of benzene rings is 1. The third kappa shape index (κ3) is 4.21. The van der Waals surface area contributed by atoms with Crippen molar-refractivity contribution in [3.8, 4) is 5.75 Å². The lowest BCUT2D eigenvalue weighted by molar-refractivity contribution is -0.120. The number of nitrogens with one attached hydrogen (secondary N) is 2. The van der Waals surface area contributed by atoms with E-state index in [2.05, 4.69) is 10.6 Å². The first-order chi connectivity index (χ1) is 12.1. The first kappa shape index (κ1) is 17.5. The minimum absolute atomic E-state index is 0.0459. The van der Waals surface area contributed by atoms with Crippen LogP contribution in [0.25, 0.3) is 0 Å². The van der Waals surface area contributed by atoms with E-state index in [1.807, 2.05) is 31.2 Å². The van der Waals surface area contributed by atoms with Crippen LogP contribution >= 0.6 is 0 Å². The Bertz CT molecular complexity index is 688. The highest BCUT2D eigenvalue weighted by atomic mass is 16.5. The fourth-order valence-corrected chi connectivity index (χ4v) is 3.65. The maximum absolute atomic E-state index is 12.5. The van der Waals surface area contributed by atoms with E-state index >= 15 is 0 Å². The molecule has 2 N–H and O–H groups in total. The fraction of sp³-hybridized carbons (Fsp3) is 0.500. The van der Waals surface area contributed by atoms with E-state index < -0.39 is 0 Å². The quantitative estimate of drug-likeness (QED) is 0.860. The molecule has 1 aromatic rings. The molecule has 1 saturated carbocycles. The van der Waals surface area contributed by atoms with Crippen molar-refractivity contribution in [3.63, 3.8) is 0 Å². The van der Waals surface area contributed by atoms with Crippen molar-refractivity contribution in [3.05, 3.63) is 35.5 Å². The van der Waals surface area contributed by atoms with Crippen molar-refractivity contribution < 1.29 is 14.3 Å². The van der Waals surface area contributed by atoms with Gasteiger partial charge in [0.25, 0.3) is 0 Å². The molecule has 2 aliphatic carbocycles. The summed E-state index contributed by atoms with van der Waals surface area (Å²) in [7, 11) is 1.62. The topological polar surface area (TPSA) is 67.4 Å². The zero-order valence-corrected chi connectivity index (χ0v) is 14.9. The average Bonchev–Trinajstić information content (AvgIpc) is 2.94. The fourth-order valence-electron chi connectivity index (χ4n) is 3.65. The van der Waals surface area contributed by atoms with E-state index in [1.165, 1.54) is 0 Å². The number of rotatable bonds is 5. The van der Waals surface area contributed by atoms with Gasteiger partial charge < -0.3 is 15.4 Å². The molecule has 5 nitrogen and oxygen atoms in total. The van der Waals surface area contributed by atoms with Crippen molar-refractivity contribution in [2.75, 3.05) is 12.4 Å². The molecule has 1 fully saturated rings. The molecular formula is C20H26N2O3. The molecule has 3 rings (SSSR count). The second-order valence-electron chi connectivity index (χ2n) is 6.94. The first-order valence-corrected chi connectivity index (χ1v) is 9.01. The predicted octanol–water partition coefficient (Wildman–Crippen LogP) is 3.42. The van der Waals surface area contributed by atoms with E-state index in [9.17, 15) is 9.59 Å². The number of amides is 1. The van der Waals surface area contributed by atoms with Crippen LogP contribution < -0.4 is 15.4 Å². The summed E-state index contributed by atoms with van der Waals surface area (Å²) in [6.45, 7) is 1.91. The number of carbonyl (C=O) groups excluding carboxylic acids is 2. The SMILES string of the molecule is COc1cccc(NC(=O)C2CCC(NC3=C(C)C(=O)CC3)CC2)c1. The lowest BCUT2D eigenvalue weighted by atomic mass is 9.85. The van der Waals surface area contributed by atoms with E-state index in [0.29, 0.717) is 12.5 Å². The second kappa shape index (κ2) is 7.72. The van der Waals surface area contributed by atoms with E-state index in [4.69, 9.17) is 4.74 Å². The number of Topliss-reactive ketones (excluding diaryl/α,β-unsaturated/α-hetero) is 1. The van der Waals surface area contributed by atoms with Crippen LogP contribution in [0.5, 0.6) is 5.75 Å². The van der Waals surface area contributed by atoms with E-state index in [-0.39, 0.29) is 17.6 Å². The normalized spacial score (nSPS) is 23.5. The molecule has 1 aromatic carbocycles. The lowest BCUT2D eigenvalue weighted by Crippen LogP contribution is -2.36. The molecule has 2 aliphatic rings. The molecule has 25 heavy (non-hydrogen) atoms. The van der Waals surface area contributed by atoms with Gasteiger partial charge in [0.2, 0.25) is 5.91 Å². The van der Waals surface area contributed by atoms with Gasteiger partial charge in [-0.1, -0.05) is 6.07 Å². The van der Waals surface area contributed by atoms with E-state index in [1.54, 1.807) is 7.11 Å². The van der Waals surface area contributed by atoms with Gasteiger partial charge in [-0.3, -0.25) is 9.59 Å². The molecule has 5 heteroatoms. The van der Waals surface area contributed by atoms with Crippen molar-refractivity contribution in [2.45, 2.75) is 51.5 Å². The van der Waals surface area contributed by atoms with Crippen LogP contribution in [0.3, 0.4) is 0 Å². The van der Waals surface area contributed by atoms with Gasteiger partial charge in [-0.15, -0.1) is 0 Å². The minimum atomic E-state index is 0.0459. The Hall–Kier alpha value is -2.30. The summed E-state index contributed by atoms with van der Waals surface area (Å²) < 4.78 is 5.19. The average molecular weight is 342 g/mol. The third-order valence-electron chi connectivity index (χ3n) is 5.29. The van der Waals surface area contributed by atoms with Gasteiger partial charge in [0, 0.05) is 41.4 Å². The van der Waals surface area contributed by atoms with Crippen LogP contribution in [0.2, 0.25) is 0 Å². The number of allylic oxidation sites excluding steroid dienone is 2. The maximum Gasteiger partial charge on any atom is 0.227 e. The third-order valence-corrected chi connectivity index (χ3v) is 5.29. The summed E-state index contributed by atoms with van der Waals surface area (Å²) in [6, 6.07) is 7.81. The summed E-state index contributed by atoms with van der Waals surface area (Å²) in [5, 5.41) is 6.53. The molecule has 134 valence electrons. The standard InChI is InChI=1S/C20H26N2O3/c1-13-18(10-11-19(13)23)21-15-8-6-14(7-9-15)20(24)22-16-4-3-5-17(12-16)25-2/h3-5,12,14-15,21H,6-11H2,1-2H3,(H,22,24).